The lowest BCUT2D eigenvalue weighted by atomic mass is 10.0. The highest BCUT2D eigenvalue weighted by atomic mass is 16.5. The first-order valence-corrected chi connectivity index (χ1v) is 8.34. The Bertz CT molecular complexity index is 642. The zero-order valence-electron chi connectivity index (χ0n) is 14.2. The number of carbonyl (C=O) groups is 1. The van der Waals surface area contributed by atoms with Gasteiger partial charge in [0.25, 0.3) is 0 Å². The standard InChI is InChI=1S/C20H25NO3/c1-3-15(2)21-13-17(22)14-24-19-12-8-7-11-18(19)20(23)16-9-5-4-6-10-16/h4-12,15,17,21-22H,3,13-14H2,1-2H3. The van der Waals surface area contributed by atoms with Crippen molar-refractivity contribution in [2.75, 3.05) is 13.2 Å². The second kappa shape index (κ2) is 9.21. The molecule has 0 aromatic heterocycles. The molecule has 4 heteroatoms. The summed E-state index contributed by atoms with van der Waals surface area (Å²) in [5.41, 5.74) is 1.12. The third-order valence-corrected chi connectivity index (χ3v) is 3.91. The smallest absolute Gasteiger partial charge is 0.196 e. The number of carbonyl (C=O) groups excluding carboxylic acids is 1. The normalized spacial score (nSPS) is 13.3. The Balaban J connectivity index is 2.00. The lowest BCUT2D eigenvalue weighted by Crippen LogP contribution is -2.36. The van der Waals surface area contributed by atoms with Gasteiger partial charge in [-0.1, -0.05) is 49.4 Å². The molecule has 2 rings (SSSR count). The molecule has 4 nitrogen and oxygen atoms in total. The van der Waals surface area contributed by atoms with Gasteiger partial charge in [-0.05, 0) is 25.5 Å². The number of nitrogens with one attached hydrogen (secondary N) is 1. The summed E-state index contributed by atoms with van der Waals surface area (Å²) in [6.45, 7) is 4.76. The Labute approximate surface area is 143 Å². The number of aliphatic hydroxyl groups excluding tert-OH is 1. The van der Waals surface area contributed by atoms with Crippen molar-refractivity contribution in [1.29, 1.82) is 0 Å². The van der Waals surface area contributed by atoms with Gasteiger partial charge in [-0.25, -0.2) is 0 Å². The summed E-state index contributed by atoms with van der Waals surface area (Å²) in [5.74, 6) is 0.410. The van der Waals surface area contributed by atoms with E-state index in [2.05, 4.69) is 19.2 Å². The van der Waals surface area contributed by atoms with Crippen molar-refractivity contribution < 1.29 is 14.6 Å². The topological polar surface area (TPSA) is 58.6 Å². The van der Waals surface area contributed by atoms with E-state index in [1.54, 1.807) is 24.3 Å². The van der Waals surface area contributed by atoms with Crippen molar-refractivity contribution in [3.63, 3.8) is 0 Å². The highest BCUT2D eigenvalue weighted by molar-refractivity contribution is 6.10. The van der Waals surface area contributed by atoms with Crippen molar-refractivity contribution in [2.45, 2.75) is 32.4 Å². The minimum atomic E-state index is -0.626. The average Bonchev–Trinajstić information content (AvgIpc) is 2.64. The van der Waals surface area contributed by atoms with Crippen LogP contribution in [0.15, 0.2) is 54.6 Å². The number of benzene rings is 2. The summed E-state index contributed by atoms with van der Waals surface area (Å²) in [4.78, 5) is 12.6. The summed E-state index contributed by atoms with van der Waals surface area (Å²) in [6.07, 6.45) is 0.376. The van der Waals surface area contributed by atoms with E-state index >= 15 is 0 Å². The summed E-state index contributed by atoms with van der Waals surface area (Å²) >= 11 is 0. The minimum absolute atomic E-state index is 0.0848. The number of aliphatic hydroxyl groups is 1. The first kappa shape index (κ1) is 18.2. The van der Waals surface area contributed by atoms with Gasteiger partial charge in [0, 0.05) is 18.2 Å². The maximum atomic E-state index is 12.6. The van der Waals surface area contributed by atoms with Crippen LogP contribution in [0.3, 0.4) is 0 Å². The highest BCUT2D eigenvalue weighted by Crippen LogP contribution is 2.21. The van der Waals surface area contributed by atoms with E-state index in [4.69, 9.17) is 4.74 Å². The van der Waals surface area contributed by atoms with Crippen LogP contribution in [0.2, 0.25) is 0 Å². The van der Waals surface area contributed by atoms with E-state index in [0.717, 1.165) is 6.42 Å². The summed E-state index contributed by atoms with van der Waals surface area (Å²) in [6, 6.07) is 16.6. The minimum Gasteiger partial charge on any atom is -0.490 e. The molecule has 2 atom stereocenters. The van der Waals surface area contributed by atoms with Gasteiger partial charge in [-0.15, -0.1) is 0 Å². The van der Waals surface area contributed by atoms with Gasteiger partial charge < -0.3 is 15.2 Å². The number of para-hydroxylation sites is 1. The van der Waals surface area contributed by atoms with Gasteiger partial charge in [-0.3, -0.25) is 4.79 Å². The third-order valence-electron chi connectivity index (χ3n) is 3.91. The molecule has 24 heavy (non-hydrogen) atoms. The van der Waals surface area contributed by atoms with Crippen molar-refractivity contribution >= 4 is 5.78 Å². The second-order valence-corrected chi connectivity index (χ2v) is 5.87. The monoisotopic (exact) mass is 327 g/mol. The molecular weight excluding hydrogens is 302 g/mol. The molecule has 128 valence electrons. The first-order valence-electron chi connectivity index (χ1n) is 8.34. The largest absolute Gasteiger partial charge is 0.490 e. The van der Waals surface area contributed by atoms with Crippen LogP contribution in [0, 0.1) is 0 Å². The maximum absolute atomic E-state index is 12.6. The van der Waals surface area contributed by atoms with Crippen LogP contribution in [0.1, 0.15) is 36.2 Å². The van der Waals surface area contributed by atoms with Gasteiger partial charge in [-0.2, -0.15) is 0 Å². The van der Waals surface area contributed by atoms with Crippen LogP contribution in [-0.2, 0) is 0 Å². The Morgan fingerprint density at radius 3 is 2.50 bits per heavy atom. The van der Waals surface area contributed by atoms with Gasteiger partial charge in [0.05, 0.1) is 5.56 Å². The van der Waals surface area contributed by atoms with Gasteiger partial charge in [0.2, 0.25) is 0 Å². The summed E-state index contributed by atoms with van der Waals surface area (Å²) in [7, 11) is 0. The van der Waals surface area contributed by atoms with Crippen LogP contribution < -0.4 is 10.1 Å². The molecule has 0 saturated heterocycles. The molecule has 0 aliphatic heterocycles. The van der Waals surface area contributed by atoms with E-state index in [0.29, 0.717) is 29.5 Å². The van der Waals surface area contributed by atoms with E-state index in [-0.39, 0.29) is 12.4 Å². The predicted octanol–water partition coefficient (Wildman–Crippen LogP) is 3.05. The van der Waals surface area contributed by atoms with Gasteiger partial charge in [0.1, 0.15) is 18.5 Å². The Morgan fingerprint density at radius 1 is 1.12 bits per heavy atom. The molecule has 2 aromatic rings. The number of hydrogen-bond acceptors (Lipinski definition) is 4. The maximum Gasteiger partial charge on any atom is 0.196 e. The average molecular weight is 327 g/mol. The van der Waals surface area contributed by atoms with Crippen LogP contribution in [0.4, 0.5) is 0 Å². The third kappa shape index (κ3) is 5.18. The number of ketones is 1. The van der Waals surface area contributed by atoms with E-state index in [9.17, 15) is 9.90 Å². The zero-order valence-corrected chi connectivity index (χ0v) is 14.2. The molecule has 2 aromatic carbocycles. The zero-order chi connectivity index (χ0) is 17.4. The predicted molar refractivity (Wildman–Crippen MR) is 95.6 cm³/mol. The quantitative estimate of drug-likeness (QED) is 0.695. The van der Waals surface area contributed by atoms with Crippen molar-refractivity contribution in [2.24, 2.45) is 0 Å². The molecule has 0 amide bonds. The SMILES string of the molecule is CCC(C)NCC(O)COc1ccccc1C(=O)c1ccccc1. The molecule has 0 radical (unpaired) electrons. The number of rotatable bonds is 9. The van der Waals surface area contributed by atoms with E-state index < -0.39 is 6.10 Å². The summed E-state index contributed by atoms with van der Waals surface area (Å²) in [5, 5.41) is 13.3. The molecular formula is C20H25NO3. The molecule has 2 N–H and O–H groups in total. The first-order chi connectivity index (χ1) is 11.6. The van der Waals surface area contributed by atoms with Crippen LogP contribution >= 0.6 is 0 Å². The highest BCUT2D eigenvalue weighted by Gasteiger charge is 2.15. The fourth-order valence-electron chi connectivity index (χ4n) is 2.25. The molecule has 0 saturated carbocycles. The molecule has 0 heterocycles. The molecule has 0 bridgehead atoms. The lowest BCUT2D eigenvalue weighted by Gasteiger charge is -2.17. The van der Waals surface area contributed by atoms with Gasteiger partial charge >= 0.3 is 0 Å². The van der Waals surface area contributed by atoms with Crippen LogP contribution in [0.25, 0.3) is 0 Å². The summed E-state index contributed by atoms with van der Waals surface area (Å²) < 4.78 is 5.70. The van der Waals surface area contributed by atoms with Crippen LogP contribution in [0.5, 0.6) is 5.75 Å². The fourth-order valence-corrected chi connectivity index (χ4v) is 2.25. The molecule has 0 aliphatic rings. The number of ether oxygens (including phenoxy) is 1. The molecule has 2 unspecified atom stereocenters. The molecule has 0 aliphatic carbocycles. The lowest BCUT2D eigenvalue weighted by molar-refractivity contribution is 0.0979. The van der Waals surface area contributed by atoms with Crippen LogP contribution in [-0.4, -0.2) is 36.2 Å². The number of hydrogen-bond donors (Lipinski definition) is 2. The molecule has 0 spiro atoms. The Morgan fingerprint density at radius 2 is 1.79 bits per heavy atom. The van der Waals surface area contributed by atoms with Crippen molar-refractivity contribution in [3.8, 4) is 5.75 Å². The second-order valence-electron chi connectivity index (χ2n) is 5.87. The van der Waals surface area contributed by atoms with Crippen molar-refractivity contribution in [1.82, 2.24) is 5.32 Å². The fraction of sp³-hybridized carbons (Fsp3) is 0.350. The van der Waals surface area contributed by atoms with E-state index in [1.807, 2.05) is 30.3 Å². The molecule has 0 fully saturated rings. The van der Waals surface area contributed by atoms with Crippen molar-refractivity contribution in [3.05, 3.63) is 65.7 Å². The van der Waals surface area contributed by atoms with Gasteiger partial charge in [0.15, 0.2) is 5.78 Å². The Hall–Kier alpha value is -2.17. The Kier molecular flexibility index (Phi) is 6.97. The van der Waals surface area contributed by atoms with E-state index in [1.165, 1.54) is 0 Å².